The van der Waals surface area contributed by atoms with Crippen molar-refractivity contribution in [1.29, 1.82) is 0 Å². The van der Waals surface area contributed by atoms with E-state index in [1.54, 1.807) is 38.2 Å². The molecule has 6 heteroatoms. The molecule has 1 N–H and O–H groups in total. The molecule has 2 amide bonds. The van der Waals surface area contributed by atoms with Crippen LogP contribution in [0.3, 0.4) is 0 Å². The number of rotatable bonds is 6. The minimum absolute atomic E-state index is 0.0399. The number of carbonyl (C=O) groups is 2. The maximum Gasteiger partial charge on any atom is 0.263 e. The smallest absolute Gasteiger partial charge is 0.263 e. The van der Waals surface area contributed by atoms with E-state index in [0.717, 1.165) is 4.47 Å². The maximum absolute atomic E-state index is 12.3. The molecule has 1 atom stereocenters. The maximum atomic E-state index is 12.3. The number of ether oxygens (including phenoxy) is 1. The van der Waals surface area contributed by atoms with E-state index in [9.17, 15) is 9.59 Å². The highest BCUT2D eigenvalue weighted by atomic mass is 79.9. The summed E-state index contributed by atoms with van der Waals surface area (Å²) in [6, 6.07) is 16.3. The fourth-order valence-electron chi connectivity index (χ4n) is 2.09. The quantitative estimate of drug-likeness (QED) is 0.822. The second-order valence-corrected chi connectivity index (χ2v) is 6.24. The molecule has 0 aliphatic heterocycles. The second kappa shape index (κ2) is 8.49. The summed E-state index contributed by atoms with van der Waals surface area (Å²) in [6.45, 7) is 1.62. The third kappa shape index (κ3) is 5.38. The number of para-hydroxylation sites is 1. The van der Waals surface area contributed by atoms with Gasteiger partial charge in [-0.15, -0.1) is 0 Å². The fourth-order valence-corrected chi connectivity index (χ4v) is 2.36. The van der Waals surface area contributed by atoms with E-state index < -0.39 is 6.10 Å². The Hall–Kier alpha value is -2.34. The number of carbonyl (C=O) groups excluding carboxylic acids is 2. The van der Waals surface area contributed by atoms with Crippen molar-refractivity contribution in [2.45, 2.75) is 13.0 Å². The zero-order valence-electron chi connectivity index (χ0n) is 13.5. The van der Waals surface area contributed by atoms with Crippen LogP contribution in [0.4, 0.5) is 5.69 Å². The molecule has 5 nitrogen and oxygen atoms in total. The molecule has 2 rings (SSSR count). The molecule has 24 heavy (non-hydrogen) atoms. The number of benzene rings is 2. The van der Waals surface area contributed by atoms with Crippen molar-refractivity contribution in [2.24, 2.45) is 0 Å². The van der Waals surface area contributed by atoms with Crippen molar-refractivity contribution < 1.29 is 14.3 Å². The van der Waals surface area contributed by atoms with Crippen LogP contribution in [0.25, 0.3) is 0 Å². The van der Waals surface area contributed by atoms with Gasteiger partial charge in [0.1, 0.15) is 5.75 Å². The van der Waals surface area contributed by atoms with E-state index in [1.807, 2.05) is 30.3 Å². The standard InChI is InChI=1S/C18H19BrN2O3/c1-13(24-16-10-8-14(19)9-11-16)18(23)21(2)12-17(22)20-15-6-4-3-5-7-15/h3-11,13H,12H2,1-2H3,(H,20,22). The molecule has 0 saturated carbocycles. The number of anilines is 1. The molecule has 0 fully saturated rings. The van der Waals surface area contributed by atoms with Crippen LogP contribution in [0, 0.1) is 0 Å². The summed E-state index contributed by atoms with van der Waals surface area (Å²) in [4.78, 5) is 25.7. The summed E-state index contributed by atoms with van der Waals surface area (Å²) in [5.41, 5.74) is 0.697. The predicted molar refractivity (Wildman–Crippen MR) is 96.9 cm³/mol. The third-order valence-electron chi connectivity index (χ3n) is 3.29. The van der Waals surface area contributed by atoms with Crippen LogP contribution in [0.5, 0.6) is 5.75 Å². The van der Waals surface area contributed by atoms with Gasteiger partial charge in [-0.25, -0.2) is 0 Å². The van der Waals surface area contributed by atoms with Gasteiger partial charge in [0.05, 0.1) is 6.54 Å². The first kappa shape index (κ1) is 18.0. The van der Waals surface area contributed by atoms with Gasteiger partial charge in [0, 0.05) is 17.2 Å². The van der Waals surface area contributed by atoms with Crippen molar-refractivity contribution in [1.82, 2.24) is 4.90 Å². The summed E-state index contributed by atoms with van der Waals surface area (Å²) in [6.07, 6.45) is -0.680. The SMILES string of the molecule is CC(Oc1ccc(Br)cc1)C(=O)N(C)CC(=O)Nc1ccccc1. The van der Waals surface area contributed by atoms with E-state index >= 15 is 0 Å². The molecule has 0 aromatic heterocycles. The molecular weight excluding hydrogens is 372 g/mol. The Morgan fingerprint density at radius 2 is 1.75 bits per heavy atom. The minimum Gasteiger partial charge on any atom is -0.481 e. The minimum atomic E-state index is -0.680. The van der Waals surface area contributed by atoms with E-state index in [-0.39, 0.29) is 18.4 Å². The van der Waals surface area contributed by atoms with Crippen molar-refractivity contribution in [2.75, 3.05) is 18.9 Å². The molecule has 0 spiro atoms. The molecule has 126 valence electrons. The summed E-state index contributed by atoms with van der Waals surface area (Å²) < 4.78 is 6.54. The average Bonchev–Trinajstić information content (AvgIpc) is 2.57. The second-order valence-electron chi connectivity index (χ2n) is 5.32. The van der Waals surface area contributed by atoms with Gasteiger partial charge < -0.3 is 15.0 Å². The normalized spacial score (nSPS) is 11.5. The van der Waals surface area contributed by atoms with Crippen molar-refractivity contribution in [3.63, 3.8) is 0 Å². The van der Waals surface area contributed by atoms with Gasteiger partial charge in [-0.1, -0.05) is 34.1 Å². The van der Waals surface area contributed by atoms with Gasteiger partial charge in [-0.05, 0) is 43.3 Å². The monoisotopic (exact) mass is 390 g/mol. The summed E-state index contributed by atoms with van der Waals surface area (Å²) in [5.74, 6) is 0.0789. The Bertz CT molecular complexity index is 689. The molecule has 0 radical (unpaired) electrons. The van der Waals surface area contributed by atoms with Gasteiger partial charge in [-0.3, -0.25) is 9.59 Å². The summed E-state index contributed by atoms with van der Waals surface area (Å²) in [5, 5.41) is 2.74. The van der Waals surface area contributed by atoms with Crippen LogP contribution in [0.15, 0.2) is 59.1 Å². The van der Waals surface area contributed by atoms with Gasteiger partial charge >= 0.3 is 0 Å². The highest BCUT2D eigenvalue weighted by Crippen LogP contribution is 2.17. The molecule has 1 unspecified atom stereocenters. The van der Waals surface area contributed by atoms with E-state index in [1.165, 1.54) is 4.90 Å². The van der Waals surface area contributed by atoms with Crippen LogP contribution in [-0.4, -0.2) is 36.4 Å². The zero-order valence-corrected chi connectivity index (χ0v) is 15.1. The Kier molecular flexibility index (Phi) is 6.37. The highest BCUT2D eigenvalue weighted by molar-refractivity contribution is 9.10. The van der Waals surface area contributed by atoms with E-state index in [2.05, 4.69) is 21.2 Å². The topological polar surface area (TPSA) is 58.6 Å². The average molecular weight is 391 g/mol. The largest absolute Gasteiger partial charge is 0.481 e. The molecule has 0 aliphatic carbocycles. The van der Waals surface area contributed by atoms with E-state index in [0.29, 0.717) is 11.4 Å². The van der Waals surface area contributed by atoms with Gasteiger partial charge in [0.25, 0.3) is 5.91 Å². The first-order chi connectivity index (χ1) is 11.5. The van der Waals surface area contributed by atoms with Gasteiger partial charge in [0.15, 0.2) is 6.10 Å². The Balaban J connectivity index is 1.86. The summed E-state index contributed by atoms with van der Waals surface area (Å²) >= 11 is 3.34. The number of amides is 2. The molecule has 0 bridgehead atoms. The first-order valence-electron chi connectivity index (χ1n) is 7.48. The molecule has 0 saturated heterocycles. The van der Waals surface area contributed by atoms with E-state index in [4.69, 9.17) is 4.74 Å². The van der Waals surface area contributed by atoms with Gasteiger partial charge in [-0.2, -0.15) is 0 Å². The molecule has 2 aromatic carbocycles. The molecule has 0 heterocycles. The highest BCUT2D eigenvalue weighted by Gasteiger charge is 2.21. The van der Waals surface area contributed by atoms with Crippen molar-refractivity contribution in [3.8, 4) is 5.75 Å². The van der Waals surface area contributed by atoms with Crippen molar-refractivity contribution >= 4 is 33.4 Å². The lowest BCUT2D eigenvalue weighted by molar-refractivity contribution is -0.139. The number of hydrogen-bond donors (Lipinski definition) is 1. The zero-order chi connectivity index (χ0) is 17.5. The lowest BCUT2D eigenvalue weighted by atomic mass is 10.3. The lowest BCUT2D eigenvalue weighted by Gasteiger charge is -2.21. The molecule has 0 aliphatic rings. The Morgan fingerprint density at radius 3 is 2.38 bits per heavy atom. The lowest BCUT2D eigenvalue weighted by Crippen LogP contribution is -2.41. The third-order valence-corrected chi connectivity index (χ3v) is 3.82. The van der Waals surface area contributed by atoms with Crippen molar-refractivity contribution in [3.05, 3.63) is 59.1 Å². The number of nitrogens with one attached hydrogen (secondary N) is 1. The molecular formula is C18H19BrN2O3. The number of likely N-dealkylation sites (N-methyl/N-ethyl adjacent to an activating group) is 1. The predicted octanol–water partition coefficient (Wildman–Crippen LogP) is 3.31. The van der Waals surface area contributed by atoms with Crippen LogP contribution in [-0.2, 0) is 9.59 Å². The summed E-state index contributed by atoms with van der Waals surface area (Å²) in [7, 11) is 1.58. The Morgan fingerprint density at radius 1 is 1.12 bits per heavy atom. The number of halogens is 1. The fraction of sp³-hybridized carbons (Fsp3) is 0.222. The number of hydrogen-bond acceptors (Lipinski definition) is 3. The van der Waals surface area contributed by atoms with Gasteiger partial charge in [0.2, 0.25) is 5.91 Å². The van der Waals surface area contributed by atoms with Crippen LogP contribution in [0.1, 0.15) is 6.92 Å². The first-order valence-corrected chi connectivity index (χ1v) is 8.27. The van der Waals surface area contributed by atoms with Crippen LogP contribution < -0.4 is 10.1 Å². The molecule has 2 aromatic rings. The van der Waals surface area contributed by atoms with Crippen LogP contribution >= 0.6 is 15.9 Å². The number of nitrogens with zero attached hydrogens (tertiary/aromatic N) is 1. The van der Waals surface area contributed by atoms with Crippen LogP contribution in [0.2, 0.25) is 0 Å². The Labute approximate surface area is 149 Å².